The molecule has 1 saturated carbocycles. The van der Waals surface area contributed by atoms with Crippen LogP contribution in [0.1, 0.15) is 63.1 Å². The molecular weight excluding hydrogens is 498 g/mol. The number of carbonyl (C=O) groups is 2. The van der Waals surface area contributed by atoms with Crippen LogP contribution in [0.15, 0.2) is 35.3 Å². The van der Waals surface area contributed by atoms with E-state index in [1.165, 1.54) is 18.2 Å². The maximum atomic E-state index is 13.3. The second kappa shape index (κ2) is 9.64. The number of aliphatic hydroxyl groups excluding tert-OH is 3. The van der Waals surface area contributed by atoms with Gasteiger partial charge in [-0.3, -0.25) is 9.59 Å². The lowest BCUT2D eigenvalue weighted by Crippen LogP contribution is -2.65. The first-order valence-corrected chi connectivity index (χ1v) is 12.2. The number of rotatable bonds is 5. The van der Waals surface area contributed by atoms with Crippen molar-refractivity contribution >= 4 is 17.5 Å². The summed E-state index contributed by atoms with van der Waals surface area (Å²) in [5.41, 5.74) is 9.43. The molecule has 5 atom stereocenters. The number of phenolic OH excluding ortho intramolecular Hbond substituents is 1. The van der Waals surface area contributed by atoms with Crippen molar-refractivity contribution in [2.45, 2.75) is 68.5 Å². The summed E-state index contributed by atoms with van der Waals surface area (Å²) in [6.45, 7) is -0.275. The number of nitrogens with zero attached hydrogens (tertiary/aromatic N) is 1. The Morgan fingerprint density at radius 1 is 1.00 bits per heavy atom. The number of guanidine groups is 1. The molecule has 2 aromatic rings. The lowest BCUT2D eigenvalue weighted by atomic mass is 9.82. The fourth-order valence-corrected chi connectivity index (χ4v) is 5.48. The summed E-state index contributed by atoms with van der Waals surface area (Å²) >= 11 is 0. The van der Waals surface area contributed by atoms with E-state index in [2.05, 4.69) is 4.99 Å². The zero-order valence-electron chi connectivity index (χ0n) is 20.3. The van der Waals surface area contributed by atoms with Crippen LogP contribution >= 0.6 is 0 Å². The molecule has 2 aliphatic carbocycles. The summed E-state index contributed by atoms with van der Waals surface area (Å²) < 4.78 is 11.6. The van der Waals surface area contributed by atoms with Crippen molar-refractivity contribution < 1.29 is 44.6 Å². The maximum absolute atomic E-state index is 13.3. The number of aromatic hydroxyl groups is 1. The summed E-state index contributed by atoms with van der Waals surface area (Å²) in [5.74, 6) is -2.48. The third-order valence-corrected chi connectivity index (χ3v) is 7.45. The van der Waals surface area contributed by atoms with E-state index in [1.54, 1.807) is 12.1 Å². The highest BCUT2D eigenvalue weighted by Gasteiger charge is 2.54. The van der Waals surface area contributed by atoms with E-state index in [0.29, 0.717) is 25.7 Å². The molecule has 0 spiro atoms. The number of carbonyl (C=O) groups excluding carboxylic acids is 2. The van der Waals surface area contributed by atoms with Crippen LogP contribution in [-0.4, -0.2) is 79.4 Å². The van der Waals surface area contributed by atoms with Crippen molar-refractivity contribution in [2.24, 2.45) is 16.5 Å². The molecule has 2 aromatic carbocycles. The first-order chi connectivity index (χ1) is 18.0. The Bertz CT molecular complexity index is 1320. The van der Waals surface area contributed by atoms with E-state index in [-0.39, 0.29) is 46.1 Å². The van der Waals surface area contributed by atoms with Gasteiger partial charge in [0.15, 0.2) is 29.0 Å². The molecule has 1 saturated heterocycles. The van der Waals surface area contributed by atoms with Crippen molar-refractivity contribution in [3.8, 4) is 11.5 Å². The number of nitrogens with two attached hydrogens (primary N) is 2. The van der Waals surface area contributed by atoms with Gasteiger partial charge >= 0.3 is 0 Å². The Labute approximate surface area is 217 Å². The second-order valence-electron chi connectivity index (χ2n) is 9.91. The van der Waals surface area contributed by atoms with Gasteiger partial charge in [-0.1, -0.05) is 37.1 Å². The molecule has 12 heteroatoms. The molecule has 12 nitrogen and oxygen atoms in total. The highest BCUT2D eigenvalue weighted by molar-refractivity contribution is 6.29. The molecule has 0 aromatic heterocycles. The van der Waals surface area contributed by atoms with Gasteiger partial charge in [-0.25, -0.2) is 4.99 Å². The largest absolute Gasteiger partial charge is 0.504 e. The summed E-state index contributed by atoms with van der Waals surface area (Å²) in [6.07, 6.45) is -6.16. The second-order valence-corrected chi connectivity index (χ2v) is 9.91. The lowest BCUT2D eigenvalue weighted by molar-refractivity contribution is -0.304. The van der Waals surface area contributed by atoms with Crippen LogP contribution < -0.4 is 16.2 Å². The molecule has 0 amide bonds. The Morgan fingerprint density at radius 2 is 1.63 bits per heavy atom. The van der Waals surface area contributed by atoms with Crippen molar-refractivity contribution in [2.75, 3.05) is 0 Å². The molecule has 0 bridgehead atoms. The summed E-state index contributed by atoms with van der Waals surface area (Å²) in [4.78, 5) is 30.4. The Kier molecular flexibility index (Phi) is 6.61. The van der Waals surface area contributed by atoms with Crippen molar-refractivity contribution in [3.63, 3.8) is 0 Å². The minimum Gasteiger partial charge on any atom is -0.504 e. The molecule has 1 aliphatic heterocycles. The average Bonchev–Trinajstić information content (AvgIpc) is 3.34. The Balaban J connectivity index is 1.58. The van der Waals surface area contributed by atoms with E-state index in [9.17, 15) is 35.1 Å². The highest BCUT2D eigenvalue weighted by Crippen LogP contribution is 2.44. The van der Waals surface area contributed by atoms with Gasteiger partial charge < -0.3 is 46.5 Å². The van der Waals surface area contributed by atoms with Crippen molar-refractivity contribution in [1.82, 2.24) is 0 Å². The summed E-state index contributed by atoms with van der Waals surface area (Å²) in [5, 5.41) is 54.1. The van der Waals surface area contributed by atoms with Crippen LogP contribution in [0.4, 0.5) is 0 Å². The van der Waals surface area contributed by atoms with Crippen LogP contribution in [0.25, 0.3) is 0 Å². The smallest absolute Gasteiger partial charge is 0.229 e. The third-order valence-electron chi connectivity index (χ3n) is 7.45. The number of hydrogen-bond acceptors (Lipinski definition) is 10. The topological polar surface area (TPSA) is 218 Å². The van der Waals surface area contributed by atoms with Gasteiger partial charge in [-0.2, -0.15) is 0 Å². The zero-order chi connectivity index (χ0) is 27.4. The van der Waals surface area contributed by atoms with E-state index in [1.807, 2.05) is 0 Å². The average molecular weight is 528 g/mol. The first kappa shape index (κ1) is 26.1. The van der Waals surface area contributed by atoms with E-state index >= 15 is 0 Å². The SMILES string of the molecule is NC(N)=NCc1cc2c(c(O)c1OC1OC(C3(O)CCCC3)C(O)C(O)C1O)C(=O)c1ccccc1C2=O. The van der Waals surface area contributed by atoms with Gasteiger partial charge in [0.2, 0.25) is 6.29 Å². The Morgan fingerprint density at radius 3 is 2.26 bits per heavy atom. The fraction of sp³-hybridized carbons (Fsp3) is 0.423. The van der Waals surface area contributed by atoms with Crippen LogP contribution in [0, 0.1) is 0 Å². The molecule has 2 fully saturated rings. The first-order valence-electron chi connectivity index (χ1n) is 12.2. The van der Waals surface area contributed by atoms with E-state index in [4.69, 9.17) is 20.9 Å². The van der Waals surface area contributed by atoms with Crippen LogP contribution in [-0.2, 0) is 11.3 Å². The van der Waals surface area contributed by atoms with Crippen LogP contribution in [0.3, 0.4) is 0 Å². The quantitative estimate of drug-likeness (QED) is 0.165. The number of ether oxygens (including phenoxy) is 2. The molecule has 5 rings (SSSR count). The van der Waals surface area contributed by atoms with Gasteiger partial charge in [-0.05, 0) is 18.9 Å². The van der Waals surface area contributed by atoms with Gasteiger partial charge in [-0.15, -0.1) is 0 Å². The molecule has 3 aliphatic rings. The van der Waals surface area contributed by atoms with Crippen LogP contribution in [0.5, 0.6) is 11.5 Å². The minimum atomic E-state index is -1.80. The number of aliphatic imine (C=N–C) groups is 1. The third kappa shape index (κ3) is 4.20. The number of phenols is 1. The van der Waals surface area contributed by atoms with Gasteiger partial charge in [0.05, 0.1) is 17.7 Å². The molecule has 0 radical (unpaired) electrons. The normalized spacial score (nSPS) is 27.9. The number of benzene rings is 2. The van der Waals surface area contributed by atoms with E-state index in [0.717, 1.165) is 0 Å². The highest BCUT2D eigenvalue weighted by atomic mass is 16.7. The maximum Gasteiger partial charge on any atom is 0.229 e. The predicted molar refractivity (Wildman–Crippen MR) is 132 cm³/mol. The monoisotopic (exact) mass is 527 g/mol. The summed E-state index contributed by atoms with van der Waals surface area (Å²) in [7, 11) is 0. The number of ketones is 2. The molecule has 9 N–H and O–H groups in total. The molecular formula is C26H29N3O9. The van der Waals surface area contributed by atoms with Gasteiger partial charge in [0, 0.05) is 22.3 Å². The van der Waals surface area contributed by atoms with Gasteiger partial charge in [0.1, 0.15) is 24.4 Å². The van der Waals surface area contributed by atoms with Crippen molar-refractivity contribution in [3.05, 3.63) is 58.1 Å². The standard InChI is InChI=1S/C26H29N3O9/c27-25(28)29-10-11-9-14-15(17(31)13-6-2-1-5-12(13)16(14)30)18(32)22(11)37-24-21(35)19(33)20(34)23(38-24)26(36)7-3-4-8-26/h1-2,5-6,9,19-21,23-24,32-36H,3-4,7-8,10H2,(H4,27,28,29). The van der Waals surface area contributed by atoms with Crippen LogP contribution in [0.2, 0.25) is 0 Å². The number of fused-ring (bicyclic) bond motifs is 2. The predicted octanol–water partition coefficient (Wildman–Crippen LogP) is -0.568. The van der Waals surface area contributed by atoms with Crippen molar-refractivity contribution in [1.29, 1.82) is 0 Å². The van der Waals surface area contributed by atoms with E-state index < -0.39 is 53.6 Å². The zero-order valence-corrected chi connectivity index (χ0v) is 20.3. The lowest BCUT2D eigenvalue weighted by Gasteiger charge is -2.45. The number of aliphatic hydroxyl groups is 4. The molecule has 5 unspecified atom stereocenters. The molecule has 38 heavy (non-hydrogen) atoms. The molecule has 202 valence electrons. The Hall–Kier alpha value is -3.55. The van der Waals surface area contributed by atoms with Gasteiger partial charge in [0.25, 0.3) is 0 Å². The fourth-order valence-electron chi connectivity index (χ4n) is 5.48. The molecule has 1 heterocycles. The number of hydrogen-bond donors (Lipinski definition) is 7. The summed E-state index contributed by atoms with van der Waals surface area (Å²) in [6, 6.07) is 7.48. The minimum absolute atomic E-state index is 0.0851.